The fourth-order valence-electron chi connectivity index (χ4n) is 6.05. The van der Waals surface area contributed by atoms with Gasteiger partial charge in [0.05, 0.1) is 11.7 Å². The Labute approximate surface area is 267 Å². The maximum absolute atomic E-state index is 14.4. The van der Waals surface area contributed by atoms with Crippen LogP contribution in [0.15, 0.2) is 42.5 Å². The molecule has 2 aromatic rings. The molecule has 0 aromatic heterocycles. The molecule has 10 heteroatoms. The van der Waals surface area contributed by atoms with Crippen LogP contribution in [0.1, 0.15) is 89.2 Å². The molecule has 0 bridgehead atoms. The Morgan fingerprint density at radius 2 is 1.84 bits per heavy atom. The number of aryl methyl sites for hydroxylation is 1. The Hall–Kier alpha value is -4.08. The number of piperidine rings is 1. The van der Waals surface area contributed by atoms with E-state index in [9.17, 15) is 19.2 Å². The van der Waals surface area contributed by atoms with Gasteiger partial charge in [-0.15, -0.1) is 0 Å². The van der Waals surface area contributed by atoms with Crippen molar-refractivity contribution < 1.29 is 28.7 Å². The van der Waals surface area contributed by atoms with Gasteiger partial charge in [0.1, 0.15) is 11.4 Å². The Balaban J connectivity index is 1.69. The quantitative estimate of drug-likeness (QED) is 0.423. The molecule has 4 rings (SSSR count). The summed E-state index contributed by atoms with van der Waals surface area (Å²) in [6.07, 6.45) is 1.47. The molecule has 1 fully saturated rings. The third-order valence-corrected chi connectivity index (χ3v) is 8.33. The minimum Gasteiger partial charge on any atom is -0.471 e. The van der Waals surface area contributed by atoms with Crippen molar-refractivity contribution in [3.63, 3.8) is 0 Å². The van der Waals surface area contributed by atoms with E-state index in [1.165, 1.54) is 0 Å². The highest BCUT2D eigenvalue weighted by Crippen LogP contribution is 2.44. The van der Waals surface area contributed by atoms with Gasteiger partial charge in [-0.1, -0.05) is 37.3 Å². The average molecular weight is 621 g/mol. The Bertz CT molecular complexity index is 1420. The molecule has 2 aliphatic rings. The summed E-state index contributed by atoms with van der Waals surface area (Å²) >= 11 is 0. The third kappa shape index (κ3) is 7.43. The number of rotatable bonds is 8. The van der Waals surface area contributed by atoms with Gasteiger partial charge < -0.3 is 29.5 Å². The van der Waals surface area contributed by atoms with E-state index in [0.717, 1.165) is 12.8 Å². The fourth-order valence-corrected chi connectivity index (χ4v) is 6.05. The van der Waals surface area contributed by atoms with Crippen LogP contribution >= 0.6 is 0 Å². The van der Waals surface area contributed by atoms with Crippen molar-refractivity contribution in [3.05, 3.63) is 59.2 Å². The molecule has 0 aliphatic carbocycles. The van der Waals surface area contributed by atoms with Crippen LogP contribution in [-0.2, 0) is 19.9 Å². The third-order valence-electron chi connectivity index (χ3n) is 8.33. The number of hydrogen-bond acceptors (Lipinski definition) is 6. The molecule has 2 aromatic carbocycles. The second-order valence-electron chi connectivity index (χ2n) is 13.3. The predicted molar refractivity (Wildman–Crippen MR) is 173 cm³/mol. The zero-order valence-corrected chi connectivity index (χ0v) is 27.9. The molecule has 45 heavy (non-hydrogen) atoms. The van der Waals surface area contributed by atoms with Crippen molar-refractivity contribution in [1.29, 1.82) is 0 Å². The van der Waals surface area contributed by atoms with Crippen LogP contribution < -0.4 is 15.0 Å². The van der Waals surface area contributed by atoms with E-state index in [1.54, 1.807) is 29.7 Å². The summed E-state index contributed by atoms with van der Waals surface area (Å²) in [7, 11) is 0. The second-order valence-corrected chi connectivity index (χ2v) is 13.3. The average Bonchev–Trinajstić information content (AvgIpc) is 2.98. The molecule has 2 atom stereocenters. The Kier molecular flexibility index (Phi) is 10.1. The lowest BCUT2D eigenvalue weighted by Gasteiger charge is -2.43. The highest BCUT2D eigenvalue weighted by molar-refractivity contribution is 6.05. The number of carbonyl (C=O) groups excluding carboxylic acids is 4. The number of hydrogen-bond donors (Lipinski definition) is 1. The first-order valence-corrected chi connectivity index (χ1v) is 15.9. The summed E-state index contributed by atoms with van der Waals surface area (Å²) in [5.74, 6) is -0.0803. The second kappa shape index (κ2) is 13.5. The summed E-state index contributed by atoms with van der Waals surface area (Å²) in [5.41, 5.74) is 0.458. The molecule has 2 aliphatic heterocycles. The molecule has 4 amide bonds. The molecule has 0 unspecified atom stereocenters. The van der Waals surface area contributed by atoms with E-state index in [-0.39, 0.29) is 49.0 Å². The monoisotopic (exact) mass is 620 g/mol. The number of amides is 4. The van der Waals surface area contributed by atoms with Crippen molar-refractivity contribution >= 4 is 29.5 Å². The lowest BCUT2D eigenvalue weighted by molar-refractivity contribution is -0.135. The zero-order valence-electron chi connectivity index (χ0n) is 27.9. The molecule has 244 valence electrons. The van der Waals surface area contributed by atoms with E-state index < -0.39 is 11.2 Å². The highest BCUT2D eigenvalue weighted by atomic mass is 16.6. The first-order valence-electron chi connectivity index (χ1n) is 15.9. The number of nitrogens with zero attached hydrogens (tertiary/aromatic N) is 3. The van der Waals surface area contributed by atoms with Gasteiger partial charge in [0.25, 0.3) is 11.8 Å². The molecule has 1 saturated heterocycles. The van der Waals surface area contributed by atoms with Crippen molar-refractivity contribution in [3.8, 4) is 5.75 Å². The van der Waals surface area contributed by atoms with Crippen molar-refractivity contribution in [2.45, 2.75) is 97.9 Å². The SMILES string of the molecule is CCC(=O)NCCN1C(=O)[C@](C)(c2ccccc2)Oc2cc(C)c(C(=O)N(C(C)C)[C@@H]3CCCN(C(=O)OC(C)(C)C)C3)cc21. The maximum atomic E-state index is 14.4. The molecular formula is C35H48N4O6. The van der Waals surface area contributed by atoms with Gasteiger partial charge in [0.15, 0.2) is 0 Å². The van der Waals surface area contributed by atoms with Crippen molar-refractivity contribution in [2.75, 3.05) is 31.1 Å². The summed E-state index contributed by atoms with van der Waals surface area (Å²) < 4.78 is 12.1. The molecule has 0 saturated carbocycles. The van der Waals surface area contributed by atoms with Gasteiger partial charge in [0.2, 0.25) is 11.5 Å². The normalized spacial score (nSPS) is 19.9. The van der Waals surface area contributed by atoms with E-state index in [4.69, 9.17) is 9.47 Å². The first-order chi connectivity index (χ1) is 21.2. The summed E-state index contributed by atoms with van der Waals surface area (Å²) in [4.78, 5) is 58.6. The van der Waals surface area contributed by atoms with Gasteiger partial charge in [0, 0.05) is 49.8 Å². The minimum absolute atomic E-state index is 0.109. The van der Waals surface area contributed by atoms with E-state index in [2.05, 4.69) is 5.32 Å². The molecule has 0 spiro atoms. The van der Waals surface area contributed by atoms with Crippen molar-refractivity contribution in [1.82, 2.24) is 15.1 Å². The van der Waals surface area contributed by atoms with Crippen LogP contribution in [0.2, 0.25) is 0 Å². The number of ether oxygens (including phenoxy) is 2. The van der Waals surface area contributed by atoms with Crippen LogP contribution in [0.5, 0.6) is 5.75 Å². The summed E-state index contributed by atoms with van der Waals surface area (Å²) in [6.45, 7) is 16.3. The van der Waals surface area contributed by atoms with Crippen LogP contribution in [0.4, 0.5) is 10.5 Å². The van der Waals surface area contributed by atoms with Gasteiger partial charge in [-0.05, 0) is 79.0 Å². The Morgan fingerprint density at radius 1 is 1.16 bits per heavy atom. The van der Waals surface area contributed by atoms with Crippen LogP contribution in [0.25, 0.3) is 0 Å². The van der Waals surface area contributed by atoms with Crippen LogP contribution in [0, 0.1) is 6.92 Å². The van der Waals surface area contributed by atoms with E-state index >= 15 is 0 Å². The smallest absolute Gasteiger partial charge is 0.410 e. The lowest BCUT2D eigenvalue weighted by Crippen LogP contribution is -2.55. The molecule has 2 heterocycles. The largest absolute Gasteiger partial charge is 0.471 e. The Morgan fingerprint density at radius 3 is 2.47 bits per heavy atom. The van der Waals surface area contributed by atoms with Gasteiger partial charge in [-0.2, -0.15) is 0 Å². The van der Waals surface area contributed by atoms with Gasteiger partial charge >= 0.3 is 6.09 Å². The molecule has 10 nitrogen and oxygen atoms in total. The molecule has 0 radical (unpaired) electrons. The number of anilines is 1. The van der Waals surface area contributed by atoms with Crippen LogP contribution in [-0.4, -0.2) is 77.5 Å². The lowest BCUT2D eigenvalue weighted by atomic mass is 9.91. The number of fused-ring (bicyclic) bond motifs is 1. The summed E-state index contributed by atoms with van der Waals surface area (Å²) in [6, 6.07) is 12.5. The highest BCUT2D eigenvalue weighted by Gasteiger charge is 2.46. The summed E-state index contributed by atoms with van der Waals surface area (Å²) in [5, 5.41) is 2.86. The van der Waals surface area contributed by atoms with Gasteiger partial charge in [-0.3, -0.25) is 14.4 Å². The van der Waals surface area contributed by atoms with Crippen LogP contribution in [0.3, 0.4) is 0 Å². The molecule has 1 N–H and O–H groups in total. The molecular weight excluding hydrogens is 572 g/mol. The number of benzene rings is 2. The van der Waals surface area contributed by atoms with E-state index in [0.29, 0.717) is 47.6 Å². The first kappa shape index (κ1) is 33.8. The standard InChI is InChI=1S/C35H48N4O6/c1-9-30(40)36-17-19-38-28-21-27(24(4)20-29(28)44-35(8,32(38)42)25-14-11-10-12-15-25)31(41)39(23(2)3)26-16-13-18-37(22-26)33(43)45-34(5,6)7/h10-12,14-15,20-21,23,26H,9,13,16-19,22H2,1-8H3,(H,36,40)/t26-,35+/m1/s1. The van der Waals surface area contributed by atoms with Crippen molar-refractivity contribution in [2.24, 2.45) is 0 Å². The zero-order chi connectivity index (χ0) is 33.1. The number of nitrogens with one attached hydrogen (secondary N) is 1. The fraction of sp³-hybridized carbons (Fsp3) is 0.543. The minimum atomic E-state index is -1.29. The predicted octanol–water partition coefficient (Wildman–Crippen LogP) is 5.41. The van der Waals surface area contributed by atoms with E-state index in [1.807, 2.05) is 82.8 Å². The number of likely N-dealkylation sites (tertiary alicyclic amines) is 1. The topological polar surface area (TPSA) is 108 Å². The van der Waals surface area contributed by atoms with Gasteiger partial charge in [-0.25, -0.2) is 4.79 Å². The number of carbonyl (C=O) groups is 4. The maximum Gasteiger partial charge on any atom is 0.410 e.